The molecule has 1 aromatic rings. The molecule has 1 aromatic carbocycles. The van der Waals surface area contributed by atoms with Crippen molar-refractivity contribution in [2.75, 3.05) is 12.4 Å². The van der Waals surface area contributed by atoms with Crippen LogP contribution in [-0.4, -0.2) is 36.2 Å². The highest BCUT2D eigenvalue weighted by molar-refractivity contribution is 6.01. The Kier molecular flexibility index (Phi) is 6.60. The summed E-state index contributed by atoms with van der Waals surface area (Å²) in [5.74, 6) is -1.37. The number of hydrogen-bond acceptors (Lipinski definition) is 4. The van der Waals surface area contributed by atoms with Crippen LogP contribution in [0.3, 0.4) is 0 Å². The molecule has 0 heterocycles. The smallest absolute Gasteiger partial charge is 0.339 e. The predicted octanol–water partition coefficient (Wildman–Crippen LogP) is 3.36. The monoisotopic (exact) mass is 362 g/mol. The average Bonchev–Trinajstić information content (AvgIpc) is 2.61. The fourth-order valence-corrected chi connectivity index (χ4v) is 3.14. The van der Waals surface area contributed by atoms with E-state index in [4.69, 9.17) is 9.84 Å². The van der Waals surface area contributed by atoms with Crippen molar-refractivity contribution in [2.45, 2.75) is 51.5 Å². The first-order valence-electron chi connectivity index (χ1n) is 8.84. The molecule has 0 unspecified atom stereocenters. The van der Waals surface area contributed by atoms with E-state index in [-0.39, 0.29) is 17.9 Å². The highest BCUT2D eigenvalue weighted by Gasteiger charge is 2.27. The van der Waals surface area contributed by atoms with Crippen LogP contribution < -0.4 is 10.6 Å². The molecule has 0 bridgehead atoms. The van der Waals surface area contributed by atoms with Gasteiger partial charge in [0.2, 0.25) is 0 Å². The molecular formula is C19H26N2O5. The second kappa shape index (κ2) is 8.69. The molecule has 0 aliphatic heterocycles. The number of nitrogens with one attached hydrogen (secondary N) is 2. The molecule has 3 N–H and O–H groups in total. The van der Waals surface area contributed by atoms with Gasteiger partial charge in [-0.15, -0.1) is 0 Å². The summed E-state index contributed by atoms with van der Waals surface area (Å²) in [4.78, 5) is 35.3. The van der Waals surface area contributed by atoms with Gasteiger partial charge in [-0.25, -0.2) is 9.59 Å². The third kappa shape index (κ3) is 4.97. The van der Waals surface area contributed by atoms with Crippen molar-refractivity contribution in [3.63, 3.8) is 0 Å². The van der Waals surface area contributed by atoms with Crippen molar-refractivity contribution < 1.29 is 24.2 Å². The van der Waals surface area contributed by atoms with E-state index in [9.17, 15) is 14.4 Å². The summed E-state index contributed by atoms with van der Waals surface area (Å²) in [5, 5.41) is 14.6. The minimum Gasteiger partial charge on any atom is -0.481 e. The third-order valence-corrected chi connectivity index (χ3v) is 4.78. The molecule has 0 saturated heterocycles. The van der Waals surface area contributed by atoms with Crippen molar-refractivity contribution in [2.24, 2.45) is 5.92 Å². The Balaban J connectivity index is 2.02. The minimum atomic E-state index is -0.777. The first-order chi connectivity index (χ1) is 12.3. The normalized spacial score (nSPS) is 19.7. The van der Waals surface area contributed by atoms with Gasteiger partial charge in [0.05, 0.1) is 24.3 Å². The molecule has 26 heavy (non-hydrogen) atoms. The van der Waals surface area contributed by atoms with Crippen LogP contribution >= 0.6 is 0 Å². The number of benzene rings is 1. The molecule has 142 valence electrons. The molecule has 0 spiro atoms. The Hall–Kier alpha value is -2.57. The topological polar surface area (TPSA) is 105 Å². The molecular weight excluding hydrogens is 336 g/mol. The molecule has 1 aliphatic rings. The number of methoxy groups -OCH3 is 1. The highest BCUT2D eigenvalue weighted by Crippen LogP contribution is 2.25. The molecule has 0 aromatic heterocycles. The van der Waals surface area contributed by atoms with Crippen molar-refractivity contribution in [1.82, 2.24) is 5.32 Å². The predicted molar refractivity (Wildman–Crippen MR) is 97.4 cm³/mol. The van der Waals surface area contributed by atoms with Gasteiger partial charge in [0, 0.05) is 6.04 Å². The maximum atomic E-state index is 12.3. The summed E-state index contributed by atoms with van der Waals surface area (Å²) in [7, 11) is 1.30. The van der Waals surface area contributed by atoms with E-state index in [2.05, 4.69) is 10.6 Å². The third-order valence-electron chi connectivity index (χ3n) is 4.78. The minimum absolute atomic E-state index is 0.0675. The lowest BCUT2D eigenvalue weighted by atomic mass is 9.86. The zero-order valence-corrected chi connectivity index (χ0v) is 15.4. The highest BCUT2D eigenvalue weighted by atomic mass is 16.5. The Morgan fingerprint density at radius 3 is 2.35 bits per heavy atom. The Labute approximate surface area is 153 Å². The van der Waals surface area contributed by atoms with Crippen molar-refractivity contribution in [3.8, 4) is 0 Å². The number of anilines is 1. The van der Waals surface area contributed by atoms with Crippen LogP contribution in [0.2, 0.25) is 0 Å². The van der Waals surface area contributed by atoms with Crippen LogP contribution in [0.5, 0.6) is 0 Å². The number of amides is 2. The van der Waals surface area contributed by atoms with E-state index in [1.54, 1.807) is 12.1 Å². The van der Waals surface area contributed by atoms with Crippen LogP contribution in [0.4, 0.5) is 10.5 Å². The maximum absolute atomic E-state index is 12.3. The zero-order chi connectivity index (χ0) is 19.3. The van der Waals surface area contributed by atoms with Gasteiger partial charge in [0.25, 0.3) is 0 Å². The first kappa shape index (κ1) is 19.8. The molecule has 1 saturated carbocycles. The van der Waals surface area contributed by atoms with Gasteiger partial charge in [0.15, 0.2) is 0 Å². The van der Waals surface area contributed by atoms with Gasteiger partial charge >= 0.3 is 18.0 Å². The van der Waals surface area contributed by atoms with Crippen molar-refractivity contribution >= 4 is 23.7 Å². The average molecular weight is 362 g/mol. The molecule has 7 nitrogen and oxygen atoms in total. The Morgan fingerprint density at radius 1 is 1.15 bits per heavy atom. The van der Waals surface area contributed by atoms with Crippen LogP contribution in [-0.2, 0) is 9.53 Å². The molecule has 0 radical (unpaired) electrons. The number of carbonyl (C=O) groups excluding carboxylic acids is 2. The lowest BCUT2D eigenvalue weighted by Crippen LogP contribution is -2.41. The summed E-state index contributed by atoms with van der Waals surface area (Å²) in [6.45, 7) is 4.04. The number of carboxylic acid groups (broad SMARTS) is 1. The maximum Gasteiger partial charge on any atom is 0.339 e. The van der Waals surface area contributed by atoms with Gasteiger partial charge in [-0.2, -0.15) is 0 Å². The quantitative estimate of drug-likeness (QED) is 0.697. The van der Waals surface area contributed by atoms with E-state index in [1.165, 1.54) is 7.11 Å². The fraction of sp³-hybridized carbons (Fsp3) is 0.526. The number of carbonyl (C=O) groups is 3. The molecule has 0 atom stereocenters. The van der Waals surface area contributed by atoms with Crippen LogP contribution in [0.25, 0.3) is 0 Å². The van der Waals surface area contributed by atoms with Gasteiger partial charge in [-0.05, 0) is 49.3 Å². The number of hydrogen-bond donors (Lipinski definition) is 3. The van der Waals surface area contributed by atoms with E-state index < -0.39 is 18.0 Å². The summed E-state index contributed by atoms with van der Waals surface area (Å²) < 4.78 is 4.81. The summed E-state index contributed by atoms with van der Waals surface area (Å²) in [6, 6.07) is 4.81. The van der Waals surface area contributed by atoms with Gasteiger partial charge in [-0.1, -0.05) is 19.9 Å². The second-order valence-corrected chi connectivity index (χ2v) is 6.94. The molecule has 2 rings (SSSR count). The standard InChI is InChI=1S/C19H26N2O5/c1-11(2)13-6-9-16(15(10-13)18(24)26-3)21-19(25)20-14-7-4-12(5-8-14)17(22)23/h6,9-12,14H,4-5,7-8H2,1-3H3,(H,22,23)(H2,20,21,25). The van der Waals surface area contributed by atoms with Crippen molar-refractivity contribution in [1.29, 1.82) is 0 Å². The summed E-state index contributed by atoms with van der Waals surface area (Å²) in [6.07, 6.45) is 2.36. The number of aliphatic carboxylic acids is 1. The fourth-order valence-electron chi connectivity index (χ4n) is 3.14. The van der Waals surface area contributed by atoms with Crippen LogP contribution in [0.15, 0.2) is 18.2 Å². The number of rotatable bonds is 5. The SMILES string of the molecule is COC(=O)c1cc(C(C)C)ccc1NC(=O)NC1CCC(C(=O)O)CC1. The van der Waals surface area contributed by atoms with E-state index >= 15 is 0 Å². The Morgan fingerprint density at radius 2 is 1.81 bits per heavy atom. The van der Waals surface area contributed by atoms with Gasteiger partial charge in [0.1, 0.15) is 0 Å². The van der Waals surface area contributed by atoms with Crippen molar-refractivity contribution in [3.05, 3.63) is 29.3 Å². The lowest BCUT2D eigenvalue weighted by Gasteiger charge is -2.27. The number of urea groups is 1. The second-order valence-electron chi connectivity index (χ2n) is 6.94. The lowest BCUT2D eigenvalue weighted by molar-refractivity contribution is -0.142. The molecule has 2 amide bonds. The molecule has 1 aliphatic carbocycles. The Bertz CT molecular complexity index is 679. The zero-order valence-electron chi connectivity index (χ0n) is 15.4. The molecule has 1 fully saturated rings. The number of carboxylic acids is 1. The van der Waals surface area contributed by atoms with Gasteiger partial charge < -0.3 is 20.5 Å². The van der Waals surface area contributed by atoms with Gasteiger partial charge in [-0.3, -0.25) is 4.79 Å². The van der Waals surface area contributed by atoms with E-state index in [1.807, 2.05) is 19.9 Å². The first-order valence-corrected chi connectivity index (χ1v) is 8.84. The van der Waals surface area contributed by atoms with Crippen LogP contribution in [0.1, 0.15) is 61.4 Å². The van der Waals surface area contributed by atoms with Crippen LogP contribution in [0, 0.1) is 5.92 Å². The largest absolute Gasteiger partial charge is 0.481 e. The number of ether oxygens (including phenoxy) is 1. The summed E-state index contributed by atoms with van der Waals surface area (Å²) in [5.41, 5.74) is 1.67. The van der Waals surface area contributed by atoms with E-state index in [0.29, 0.717) is 36.9 Å². The summed E-state index contributed by atoms with van der Waals surface area (Å²) >= 11 is 0. The number of esters is 1. The van der Waals surface area contributed by atoms with E-state index in [0.717, 1.165) is 5.56 Å². The molecule has 7 heteroatoms.